The van der Waals surface area contributed by atoms with E-state index in [2.05, 4.69) is 39.3 Å². The summed E-state index contributed by atoms with van der Waals surface area (Å²) >= 11 is 3.49. The Morgan fingerprint density at radius 3 is 2.68 bits per heavy atom. The van der Waals surface area contributed by atoms with E-state index in [1.54, 1.807) is 0 Å². The van der Waals surface area contributed by atoms with Gasteiger partial charge in [0.25, 0.3) is 0 Å². The molecule has 3 N–H and O–H groups in total. The van der Waals surface area contributed by atoms with E-state index in [1.165, 1.54) is 0 Å². The molecule has 0 aliphatic rings. The number of pyridine rings is 1. The van der Waals surface area contributed by atoms with Crippen molar-refractivity contribution < 1.29 is 5.11 Å². The lowest BCUT2D eigenvalue weighted by Crippen LogP contribution is -2.27. The van der Waals surface area contributed by atoms with Gasteiger partial charge in [-0.1, -0.05) is 36.2 Å². The lowest BCUT2D eigenvalue weighted by molar-refractivity contribution is 0.0616. The lowest BCUT2D eigenvalue weighted by atomic mass is 10.0. The first kappa shape index (κ1) is 18.1. The van der Waals surface area contributed by atoms with Gasteiger partial charge in [-0.2, -0.15) is 0 Å². The number of nitrogen functional groups attached to an aromatic ring is 1. The third-order valence-corrected chi connectivity index (χ3v) is 4.90. The van der Waals surface area contributed by atoms with Gasteiger partial charge in [0.15, 0.2) is 5.82 Å². The van der Waals surface area contributed by atoms with Crippen molar-refractivity contribution >= 4 is 43.7 Å². The van der Waals surface area contributed by atoms with Gasteiger partial charge >= 0.3 is 0 Å². The number of nitrogens with zero attached hydrogens (tertiary/aromatic N) is 3. The molecule has 6 heteroatoms. The number of hydrogen-bond acceptors (Lipinski definition) is 4. The van der Waals surface area contributed by atoms with Gasteiger partial charge in [-0.05, 0) is 38.5 Å². The summed E-state index contributed by atoms with van der Waals surface area (Å²) in [5, 5.41) is 11.5. The van der Waals surface area contributed by atoms with Gasteiger partial charge in [-0.25, -0.2) is 9.97 Å². The minimum absolute atomic E-state index is 0.282. The summed E-state index contributed by atoms with van der Waals surface area (Å²) in [6.45, 7) is 8.44. The summed E-state index contributed by atoms with van der Waals surface area (Å²) in [5.74, 6) is 1.67. The van der Waals surface area contributed by atoms with Gasteiger partial charge in [0.1, 0.15) is 11.3 Å². The molecule has 1 aromatic carbocycles. The maximum atomic E-state index is 10.5. The summed E-state index contributed by atoms with van der Waals surface area (Å²) in [6, 6.07) is 5.99. The van der Waals surface area contributed by atoms with Crippen LogP contribution in [-0.2, 0) is 6.54 Å². The minimum Gasteiger partial charge on any atom is -0.389 e. The molecule has 0 aliphatic carbocycles. The molecule has 0 bridgehead atoms. The molecule has 0 saturated heterocycles. The Labute approximate surface area is 156 Å². The first-order chi connectivity index (χ1) is 11.7. The molecular formula is C19H25BrN4O. The van der Waals surface area contributed by atoms with Crippen LogP contribution in [0.15, 0.2) is 22.7 Å². The van der Waals surface area contributed by atoms with Crippen molar-refractivity contribution in [3.05, 3.63) is 28.5 Å². The van der Waals surface area contributed by atoms with Crippen molar-refractivity contribution in [3.8, 4) is 0 Å². The van der Waals surface area contributed by atoms with Crippen molar-refractivity contribution in [3.63, 3.8) is 0 Å². The van der Waals surface area contributed by atoms with Crippen LogP contribution in [0.1, 0.15) is 52.3 Å². The molecule has 2 aromatic heterocycles. The van der Waals surface area contributed by atoms with Gasteiger partial charge in [0, 0.05) is 15.8 Å². The third kappa shape index (κ3) is 3.51. The second-order valence-electron chi connectivity index (χ2n) is 7.41. The summed E-state index contributed by atoms with van der Waals surface area (Å²) in [7, 11) is 0. The predicted molar refractivity (Wildman–Crippen MR) is 107 cm³/mol. The Morgan fingerprint density at radius 1 is 1.32 bits per heavy atom. The summed E-state index contributed by atoms with van der Waals surface area (Å²) in [4.78, 5) is 9.37. The third-order valence-electron chi connectivity index (χ3n) is 4.40. The van der Waals surface area contributed by atoms with Crippen LogP contribution < -0.4 is 5.73 Å². The summed E-state index contributed by atoms with van der Waals surface area (Å²) in [6.07, 6.45) is 2.11. The Morgan fingerprint density at radius 2 is 2.04 bits per heavy atom. The molecule has 2 heterocycles. The van der Waals surface area contributed by atoms with E-state index in [0.717, 1.165) is 45.1 Å². The van der Waals surface area contributed by atoms with E-state index in [9.17, 15) is 5.11 Å². The number of hydrogen-bond donors (Lipinski definition) is 2. The van der Waals surface area contributed by atoms with E-state index in [0.29, 0.717) is 12.4 Å². The molecule has 5 nitrogen and oxygen atoms in total. The molecular weight excluding hydrogens is 380 g/mol. The highest BCUT2D eigenvalue weighted by Gasteiger charge is 2.24. The number of halogens is 1. The fraction of sp³-hybridized carbons (Fsp3) is 0.474. The predicted octanol–water partition coefficient (Wildman–Crippen LogP) is 4.60. The SMILES string of the molecule is CCCC(C)c1nc2c(N)nc3cc(Br)ccc3c2n1CC(C)(C)O. The van der Waals surface area contributed by atoms with Crippen molar-refractivity contribution in [1.29, 1.82) is 0 Å². The van der Waals surface area contributed by atoms with Crippen LogP contribution in [0.3, 0.4) is 0 Å². The summed E-state index contributed by atoms with van der Waals surface area (Å²) < 4.78 is 3.09. The Balaban J connectivity index is 2.38. The fourth-order valence-corrected chi connectivity index (χ4v) is 3.74. The Kier molecular flexibility index (Phi) is 4.77. The van der Waals surface area contributed by atoms with Crippen molar-refractivity contribution in [2.45, 2.75) is 58.6 Å². The van der Waals surface area contributed by atoms with Gasteiger partial charge in [0.2, 0.25) is 0 Å². The molecule has 0 radical (unpaired) electrons. The van der Waals surface area contributed by atoms with Gasteiger partial charge in [-0.3, -0.25) is 0 Å². The molecule has 1 atom stereocenters. The highest BCUT2D eigenvalue weighted by molar-refractivity contribution is 9.10. The van der Waals surface area contributed by atoms with Crippen LogP contribution in [0.2, 0.25) is 0 Å². The van der Waals surface area contributed by atoms with E-state index >= 15 is 0 Å². The number of fused-ring (bicyclic) bond motifs is 3. The normalized spacial score (nSPS) is 13.7. The van der Waals surface area contributed by atoms with Crippen LogP contribution in [0.4, 0.5) is 5.82 Å². The molecule has 0 amide bonds. The van der Waals surface area contributed by atoms with Crippen molar-refractivity contribution in [2.75, 3.05) is 5.73 Å². The zero-order valence-electron chi connectivity index (χ0n) is 15.2. The Bertz CT molecular complexity index is 927. The lowest BCUT2D eigenvalue weighted by Gasteiger charge is -2.22. The Hall–Kier alpha value is -1.66. The number of benzene rings is 1. The smallest absolute Gasteiger partial charge is 0.152 e. The zero-order valence-corrected chi connectivity index (χ0v) is 16.8. The quantitative estimate of drug-likeness (QED) is 0.650. The molecule has 0 fully saturated rings. The second kappa shape index (κ2) is 6.57. The molecule has 25 heavy (non-hydrogen) atoms. The largest absolute Gasteiger partial charge is 0.389 e. The molecule has 0 aliphatic heterocycles. The standard InChI is InChI=1S/C19H25BrN4O/c1-5-6-11(2)18-23-15-16(24(18)10-19(3,4)25)13-8-7-12(20)9-14(13)22-17(15)21/h7-9,11,25H,5-6,10H2,1-4H3,(H2,21,22). The first-order valence-corrected chi connectivity index (χ1v) is 9.48. The topological polar surface area (TPSA) is 77.0 Å². The maximum absolute atomic E-state index is 10.5. The molecule has 3 rings (SSSR count). The highest BCUT2D eigenvalue weighted by Crippen LogP contribution is 2.34. The number of nitrogens with two attached hydrogens (primary N) is 1. The number of imidazole rings is 1. The maximum Gasteiger partial charge on any atom is 0.152 e. The van der Waals surface area contributed by atoms with Gasteiger partial charge < -0.3 is 15.4 Å². The van der Waals surface area contributed by atoms with E-state index in [-0.39, 0.29) is 5.92 Å². The van der Waals surface area contributed by atoms with E-state index in [1.807, 2.05) is 32.0 Å². The first-order valence-electron chi connectivity index (χ1n) is 8.68. The highest BCUT2D eigenvalue weighted by atomic mass is 79.9. The molecule has 1 unspecified atom stereocenters. The van der Waals surface area contributed by atoms with E-state index in [4.69, 9.17) is 10.7 Å². The minimum atomic E-state index is -0.853. The number of aliphatic hydroxyl groups is 1. The van der Waals surface area contributed by atoms with Crippen LogP contribution >= 0.6 is 15.9 Å². The molecule has 0 spiro atoms. The average Bonchev–Trinajstić information content (AvgIpc) is 2.86. The van der Waals surface area contributed by atoms with Crippen LogP contribution in [0.5, 0.6) is 0 Å². The van der Waals surface area contributed by atoms with Gasteiger partial charge in [0.05, 0.1) is 23.2 Å². The monoisotopic (exact) mass is 404 g/mol. The van der Waals surface area contributed by atoms with Crippen LogP contribution in [0.25, 0.3) is 21.9 Å². The van der Waals surface area contributed by atoms with Gasteiger partial charge in [-0.15, -0.1) is 0 Å². The van der Waals surface area contributed by atoms with Crippen LogP contribution in [-0.4, -0.2) is 25.2 Å². The van der Waals surface area contributed by atoms with Crippen molar-refractivity contribution in [1.82, 2.24) is 14.5 Å². The number of aromatic nitrogens is 3. The average molecular weight is 405 g/mol. The number of anilines is 1. The van der Waals surface area contributed by atoms with Crippen molar-refractivity contribution in [2.24, 2.45) is 0 Å². The summed E-state index contributed by atoms with van der Waals surface area (Å²) in [5.41, 5.74) is 7.87. The zero-order chi connectivity index (χ0) is 18.4. The molecule has 3 aromatic rings. The number of rotatable bonds is 5. The molecule has 0 saturated carbocycles. The second-order valence-corrected chi connectivity index (χ2v) is 8.33. The fourth-order valence-electron chi connectivity index (χ4n) is 3.39. The molecule has 134 valence electrons. The van der Waals surface area contributed by atoms with Crippen LogP contribution in [0, 0.1) is 0 Å². The van der Waals surface area contributed by atoms with E-state index < -0.39 is 5.60 Å².